The number of pyridine rings is 1. The Morgan fingerprint density at radius 2 is 2.24 bits per heavy atom. The fourth-order valence-corrected chi connectivity index (χ4v) is 3.44. The minimum absolute atomic E-state index is 0.471. The topological polar surface area (TPSA) is 61.4 Å². The molecular formula is C15H18BN3O2. The summed E-state index contributed by atoms with van der Waals surface area (Å²) in [6.45, 7) is 2.19. The van der Waals surface area contributed by atoms with Crippen LogP contribution in [0.4, 0.5) is 0 Å². The number of hydrogen-bond donors (Lipinski definition) is 2. The number of aromatic amines is 1. The number of piperidine rings is 1. The monoisotopic (exact) mass is 283 g/mol. The lowest BCUT2D eigenvalue weighted by Crippen LogP contribution is -2.32. The van der Waals surface area contributed by atoms with Gasteiger partial charge >= 0.3 is 7.12 Å². The smallest absolute Gasteiger partial charge is 0.531 e. The summed E-state index contributed by atoms with van der Waals surface area (Å²) >= 11 is 0. The van der Waals surface area contributed by atoms with E-state index >= 15 is 0 Å². The van der Waals surface area contributed by atoms with E-state index in [9.17, 15) is 5.02 Å². The molecule has 4 heterocycles. The molecule has 0 unspecified atom stereocenters. The summed E-state index contributed by atoms with van der Waals surface area (Å²) in [7, 11) is 1.29. The van der Waals surface area contributed by atoms with E-state index in [1.54, 1.807) is 6.20 Å². The van der Waals surface area contributed by atoms with E-state index in [4.69, 9.17) is 4.65 Å². The number of nitrogens with zero attached hydrogens (tertiary/aromatic N) is 2. The molecule has 2 aliphatic heterocycles. The van der Waals surface area contributed by atoms with Gasteiger partial charge in [-0.25, -0.2) is 4.98 Å². The molecule has 0 aromatic carbocycles. The number of allylic oxidation sites excluding steroid dienone is 1. The molecule has 0 bridgehead atoms. The lowest BCUT2D eigenvalue weighted by Gasteiger charge is -2.33. The molecule has 21 heavy (non-hydrogen) atoms. The number of likely N-dealkylation sites (tertiary alicyclic amines) is 1. The molecule has 0 spiro atoms. The average Bonchev–Trinajstić information content (AvgIpc) is 2.95. The van der Waals surface area contributed by atoms with Gasteiger partial charge in [0.1, 0.15) is 11.4 Å². The number of nitrogens with one attached hydrogen (secondary N) is 1. The molecular weight excluding hydrogens is 265 g/mol. The Kier molecular flexibility index (Phi) is 3.01. The molecule has 0 aliphatic carbocycles. The van der Waals surface area contributed by atoms with E-state index in [1.807, 2.05) is 18.2 Å². The Labute approximate surface area is 123 Å². The fourth-order valence-electron chi connectivity index (χ4n) is 3.44. The average molecular weight is 283 g/mol. The van der Waals surface area contributed by atoms with Crippen LogP contribution >= 0.6 is 0 Å². The molecule has 5 nitrogen and oxygen atoms in total. The van der Waals surface area contributed by atoms with Crippen molar-refractivity contribution in [3.8, 4) is 5.75 Å². The van der Waals surface area contributed by atoms with Crippen LogP contribution in [0.1, 0.15) is 18.4 Å². The Bertz CT molecular complexity index is 704. The molecule has 2 aromatic heterocycles. The first-order valence-corrected chi connectivity index (χ1v) is 7.44. The highest BCUT2D eigenvalue weighted by Crippen LogP contribution is 2.42. The van der Waals surface area contributed by atoms with Gasteiger partial charge in [-0.05, 0) is 56.5 Å². The van der Waals surface area contributed by atoms with Gasteiger partial charge in [-0.2, -0.15) is 0 Å². The quantitative estimate of drug-likeness (QED) is 0.782. The van der Waals surface area contributed by atoms with Crippen LogP contribution in [0.15, 0.2) is 24.4 Å². The molecule has 0 saturated carbocycles. The molecule has 0 radical (unpaired) electrons. The lowest BCUT2D eigenvalue weighted by atomic mass is 9.74. The number of aromatic nitrogens is 2. The maximum atomic E-state index is 9.99. The zero-order chi connectivity index (χ0) is 14.4. The largest absolute Gasteiger partial charge is 0.552 e. The van der Waals surface area contributed by atoms with Crippen molar-refractivity contribution in [1.82, 2.24) is 14.9 Å². The predicted molar refractivity (Wildman–Crippen MR) is 82.9 cm³/mol. The van der Waals surface area contributed by atoms with Gasteiger partial charge in [0.25, 0.3) is 0 Å². The number of H-pyrrole nitrogens is 1. The summed E-state index contributed by atoms with van der Waals surface area (Å²) in [5, 5.41) is 11.1. The summed E-state index contributed by atoms with van der Waals surface area (Å²) in [5.41, 5.74) is 3.18. The van der Waals surface area contributed by atoms with E-state index in [0.29, 0.717) is 11.7 Å². The van der Waals surface area contributed by atoms with Crippen molar-refractivity contribution in [3.05, 3.63) is 30.0 Å². The van der Waals surface area contributed by atoms with E-state index in [-0.39, 0.29) is 0 Å². The lowest BCUT2D eigenvalue weighted by molar-refractivity contribution is 0.248. The highest BCUT2D eigenvalue weighted by atomic mass is 16.5. The molecule has 0 atom stereocenters. The Morgan fingerprint density at radius 3 is 3.05 bits per heavy atom. The summed E-state index contributed by atoms with van der Waals surface area (Å²) in [5.74, 6) is 3.02. The third-order valence-electron chi connectivity index (χ3n) is 4.57. The second-order valence-electron chi connectivity index (χ2n) is 5.95. The maximum absolute atomic E-state index is 9.99. The number of hydrogen-bond acceptors (Lipinski definition) is 4. The van der Waals surface area contributed by atoms with Crippen molar-refractivity contribution in [2.75, 3.05) is 20.1 Å². The van der Waals surface area contributed by atoms with Crippen molar-refractivity contribution >= 4 is 23.7 Å². The molecule has 6 heteroatoms. The summed E-state index contributed by atoms with van der Waals surface area (Å²) in [6, 6.07) is 2.03. The van der Waals surface area contributed by atoms with Crippen LogP contribution in [0.2, 0.25) is 0 Å². The van der Waals surface area contributed by atoms with E-state index in [1.165, 1.54) is 5.57 Å². The summed E-state index contributed by atoms with van der Waals surface area (Å²) in [6.07, 6.45) is 5.83. The van der Waals surface area contributed by atoms with E-state index < -0.39 is 7.12 Å². The zero-order valence-electron chi connectivity index (χ0n) is 12.0. The molecule has 2 aromatic rings. The van der Waals surface area contributed by atoms with Crippen LogP contribution in [0.5, 0.6) is 5.75 Å². The second-order valence-corrected chi connectivity index (χ2v) is 5.95. The van der Waals surface area contributed by atoms with Crippen molar-refractivity contribution < 1.29 is 9.68 Å². The first-order valence-electron chi connectivity index (χ1n) is 7.44. The summed E-state index contributed by atoms with van der Waals surface area (Å²) in [4.78, 5) is 9.85. The van der Waals surface area contributed by atoms with Gasteiger partial charge in [0, 0.05) is 17.1 Å². The van der Waals surface area contributed by atoms with Crippen LogP contribution < -0.4 is 4.65 Å². The van der Waals surface area contributed by atoms with Crippen molar-refractivity contribution in [2.45, 2.75) is 12.8 Å². The second kappa shape index (κ2) is 4.89. The Hall–Kier alpha value is -1.79. The van der Waals surface area contributed by atoms with Gasteiger partial charge in [0.2, 0.25) is 0 Å². The Morgan fingerprint density at radius 1 is 1.43 bits per heavy atom. The van der Waals surface area contributed by atoms with Gasteiger partial charge in [0.05, 0.1) is 6.20 Å². The molecule has 2 aliphatic rings. The highest BCUT2D eigenvalue weighted by molar-refractivity contribution is 6.52. The van der Waals surface area contributed by atoms with Gasteiger partial charge < -0.3 is 19.6 Å². The van der Waals surface area contributed by atoms with Crippen LogP contribution in [-0.4, -0.2) is 47.1 Å². The number of fused-ring (bicyclic) bond motifs is 3. The normalized spacial score (nSPS) is 20.3. The zero-order valence-corrected chi connectivity index (χ0v) is 12.0. The maximum Gasteiger partial charge on any atom is 0.552 e. The third-order valence-corrected chi connectivity index (χ3v) is 4.57. The molecule has 108 valence electrons. The standard InChI is InChI=1S/C15H18BN3O2/c1-19-6-3-10(4-7-19)12-8-16(20)21-13-9-18-15-11(14(12)13)2-5-17-15/h2,5,8-10,20H,3-4,6-7H2,1H3,(H,17,18). The first-order chi connectivity index (χ1) is 10.2. The van der Waals surface area contributed by atoms with Crippen molar-refractivity contribution in [2.24, 2.45) is 5.92 Å². The van der Waals surface area contributed by atoms with Gasteiger partial charge in [-0.1, -0.05) is 0 Å². The third kappa shape index (κ3) is 2.15. The van der Waals surface area contributed by atoms with Crippen LogP contribution in [0.3, 0.4) is 0 Å². The Balaban J connectivity index is 1.82. The van der Waals surface area contributed by atoms with Crippen LogP contribution in [0, 0.1) is 5.92 Å². The first kappa shape index (κ1) is 12.9. The minimum atomic E-state index is -0.870. The summed E-state index contributed by atoms with van der Waals surface area (Å²) < 4.78 is 5.54. The molecule has 1 saturated heterocycles. The van der Waals surface area contributed by atoms with E-state index in [2.05, 4.69) is 21.9 Å². The van der Waals surface area contributed by atoms with Crippen molar-refractivity contribution in [3.63, 3.8) is 0 Å². The fraction of sp³-hybridized carbons (Fsp3) is 0.400. The van der Waals surface area contributed by atoms with Crippen molar-refractivity contribution in [1.29, 1.82) is 0 Å². The van der Waals surface area contributed by atoms with E-state index in [0.717, 1.165) is 42.5 Å². The van der Waals surface area contributed by atoms with Crippen LogP contribution in [0.25, 0.3) is 16.6 Å². The molecule has 2 N–H and O–H groups in total. The van der Waals surface area contributed by atoms with Crippen LogP contribution in [-0.2, 0) is 0 Å². The highest BCUT2D eigenvalue weighted by Gasteiger charge is 2.31. The minimum Gasteiger partial charge on any atom is -0.531 e. The van der Waals surface area contributed by atoms with Gasteiger partial charge in [-0.3, -0.25) is 0 Å². The SMILES string of the molecule is CN1CCC(C2=CB(O)Oc3cnc4[nH]ccc4c32)CC1. The number of rotatable bonds is 1. The predicted octanol–water partition coefficient (Wildman–Crippen LogP) is 1.70. The molecule has 4 rings (SSSR count). The van der Waals surface area contributed by atoms with Gasteiger partial charge in [0.15, 0.2) is 0 Å². The molecule has 0 amide bonds. The van der Waals surface area contributed by atoms with Gasteiger partial charge in [-0.15, -0.1) is 0 Å². The molecule has 1 fully saturated rings.